The highest BCUT2D eigenvalue weighted by atomic mass is 35.5. The smallest absolute Gasteiger partial charge is 0.253 e. The molecule has 2 heterocycles. The van der Waals surface area contributed by atoms with Crippen molar-refractivity contribution in [2.45, 2.75) is 33.6 Å². The molecular formula is C23H21Cl2N5O. The van der Waals surface area contributed by atoms with Crippen LogP contribution in [-0.4, -0.2) is 25.5 Å². The van der Waals surface area contributed by atoms with Gasteiger partial charge in [-0.3, -0.25) is 4.79 Å². The van der Waals surface area contributed by atoms with E-state index >= 15 is 0 Å². The molecule has 0 spiro atoms. The van der Waals surface area contributed by atoms with E-state index in [9.17, 15) is 4.79 Å². The van der Waals surface area contributed by atoms with E-state index in [0.29, 0.717) is 40.1 Å². The molecule has 0 saturated carbocycles. The Morgan fingerprint density at radius 1 is 1.03 bits per heavy atom. The number of anilines is 1. The van der Waals surface area contributed by atoms with E-state index in [1.807, 2.05) is 45.0 Å². The van der Waals surface area contributed by atoms with Crippen LogP contribution < -0.4 is 5.32 Å². The van der Waals surface area contributed by atoms with E-state index in [4.69, 9.17) is 23.2 Å². The van der Waals surface area contributed by atoms with Gasteiger partial charge in [0, 0.05) is 34.1 Å². The van der Waals surface area contributed by atoms with Gasteiger partial charge in [0.15, 0.2) is 5.82 Å². The standard InChI is InChI=1S/C23H21Cl2N5O/c1-13-4-7-17(8-5-13)27-21(31)11-10-18-14(2)26-23-28-22(29-30(23)15(18)3)19-9-6-16(24)12-20(19)25/h4-9,12H,10-11H2,1-3H3,(H,27,31). The minimum Gasteiger partial charge on any atom is -0.326 e. The summed E-state index contributed by atoms with van der Waals surface area (Å²) < 4.78 is 1.69. The number of aromatic nitrogens is 4. The molecule has 4 aromatic rings. The van der Waals surface area contributed by atoms with Gasteiger partial charge >= 0.3 is 0 Å². The van der Waals surface area contributed by atoms with Crippen LogP contribution in [0.25, 0.3) is 17.2 Å². The molecule has 0 aliphatic carbocycles. The number of benzene rings is 2. The molecule has 0 bridgehead atoms. The molecule has 0 aliphatic heterocycles. The van der Waals surface area contributed by atoms with Gasteiger partial charge < -0.3 is 5.32 Å². The molecule has 0 radical (unpaired) electrons. The number of hydrogen-bond donors (Lipinski definition) is 1. The third kappa shape index (κ3) is 4.55. The first kappa shape index (κ1) is 21.3. The second-order valence-electron chi connectivity index (χ2n) is 7.45. The van der Waals surface area contributed by atoms with Crippen LogP contribution >= 0.6 is 23.2 Å². The summed E-state index contributed by atoms with van der Waals surface area (Å²) in [5, 5.41) is 8.55. The number of fused-ring (bicyclic) bond motifs is 1. The first-order valence-electron chi connectivity index (χ1n) is 9.86. The predicted octanol–water partition coefficient (Wildman–Crippen LogP) is 5.59. The molecule has 0 unspecified atom stereocenters. The van der Waals surface area contributed by atoms with Crippen molar-refractivity contribution in [2.75, 3.05) is 5.32 Å². The van der Waals surface area contributed by atoms with Gasteiger partial charge in [0.05, 0.1) is 5.02 Å². The normalized spacial score (nSPS) is 11.1. The third-order valence-electron chi connectivity index (χ3n) is 5.16. The molecule has 2 aromatic heterocycles. The molecule has 8 heteroatoms. The molecule has 6 nitrogen and oxygen atoms in total. The molecule has 158 valence electrons. The van der Waals surface area contributed by atoms with Gasteiger partial charge in [-0.15, -0.1) is 5.10 Å². The van der Waals surface area contributed by atoms with E-state index in [1.165, 1.54) is 0 Å². The number of aryl methyl sites for hydroxylation is 3. The Morgan fingerprint density at radius 2 is 1.77 bits per heavy atom. The molecule has 31 heavy (non-hydrogen) atoms. The van der Waals surface area contributed by atoms with Crippen LogP contribution in [0.5, 0.6) is 0 Å². The number of rotatable bonds is 5. The van der Waals surface area contributed by atoms with Crippen molar-refractivity contribution in [3.63, 3.8) is 0 Å². The van der Waals surface area contributed by atoms with Crippen LogP contribution in [0.1, 0.15) is 28.9 Å². The number of nitrogens with one attached hydrogen (secondary N) is 1. The number of nitrogens with zero attached hydrogens (tertiary/aromatic N) is 4. The summed E-state index contributed by atoms with van der Waals surface area (Å²) in [6.07, 6.45) is 0.891. The predicted molar refractivity (Wildman–Crippen MR) is 124 cm³/mol. The van der Waals surface area contributed by atoms with Crippen molar-refractivity contribution >= 4 is 40.6 Å². The summed E-state index contributed by atoms with van der Waals surface area (Å²) in [7, 11) is 0. The fourth-order valence-corrected chi connectivity index (χ4v) is 3.95. The zero-order valence-electron chi connectivity index (χ0n) is 17.4. The molecule has 2 aromatic carbocycles. The summed E-state index contributed by atoms with van der Waals surface area (Å²) in [4.78, 5) is 21.5. The van der Waals surface area contributed by atoms with E-state index in [-0.39, 0.29) is 5.91 Å². The third-order valence-corrected chi connectivity index (χ3v) is 5.71. The number of hydrogen-bond acceptors (Lipinski definition) is 4. The fourth-order valence-electron chi connectivity index (χ4n) is 3.45. The highest BCUT2D eigenvalue weighted by molar-refractivity contribution is 6.36. The van der Waals surface area contributed by atoms with E-state index in [1.54, 1.807) is 22.7 Å². The van der Waals surface area contributed by atoms with Gasteiger partial charge in [0.2, 0.25) is 5.91 Å². The lowest BCUT2D eigenvalue weighted by molar-refractivity contribution is -0.116. The van der Waals surface area contributed by atoms with E-state index in [0.717, 1.165) is 28.2 Å². The summed E-state index contributed by atoms with van der Waals surface area (Å²) in [6.45, 7) is 5.89. The van der Waals surface area contributed by atoms with Gasteiger partial charge in [0.1, 0.15) is 0 Å². The highest BCUT2D eigenvalue weighted by Gasteiger charge is 2.17. The number of carbonyl (C=O) groups is 1. The number of amides is 1. The van der Waals surface area contributed by atoms with Gasteiger partial charge in [-0.25, -0.2) is 9.50 Å². The van der Waals surface area contributed by atoms with Crippen LogP contribution in [0.15, 0.2) is 42.5 Å². The van der Waals surface area contributed by atoms with E-state index < -0.39 is 0 Å². The molecule has 4 rings (SSSR count). The van der Waals surface area contributed by atoms with Crippen LogP contribution in [0.3, 0.4) is 0 Å². The molecule has 1 N–H and O–H groups in total. The first-order chi connectivity index (χ1) is 14.8. The second kappa shape index (κ2) is 8.65. The van der Waals surface area contributed by atoms with Crippen molar-refractivity contribution in [2.24, 2.45) is 0 Å². The molecule has 0 atom stereocenters. The Labute approximate surface area is 190 Å². The average Bonchev–Trinajstić information content (AvgIpc) is 3.13. The molecule has 0 fully saturated rings. The minimum atomic E-state index is -0.0463. The maximum atomic E-state index is 12.4. The quantitative estimate of drug-likeness (QED) is 0.427. The lowest BCUT2D eigenvalue weighted by Gasteiger charge is -2.10. The van der Waals surface area contributed by atoms with Crippen LogP contribution in [0.4, 0.5) is 5.69 Å². The molecule has 0 saturated heterocycles. The maximum absolute atomic E-state index is 12.4. The van der Waals surface area contributed by atoms with Crippen LogP contribution in [-0.2, 0) is 11.2 Å². The van der Waals surface area contributed by atoms with Crippen molar-refractivity contribution in [3.05, 3.63) is 75.0 Å². The Hall–Kier alpha value is -2.96. The van der Waals surface area contributed by atoms with E-state index in [2.05, 4.69) is 20.4 Å². The summed E-state index contributed by atoms with van der Waals surface area (Å²) in [5.41, 5.74) is 5.33. The monoisotopic (exact) mass is 453 g/mol. The van der Waals surface area contributed by atoms with Gasteiger partial charge in [-0.2, -0.15) is 4.98 Å². The van der Waals surface area contributed by atoms with Gasteiger partial charge in [-0.05, 0) is 63.1 Å². The fraction of sp³-hybridized carbons (Fsp3) is 0.217. The summed E-state index contributed by atoms with van der Waals surface area (Å²) >= 11 is 12.3. The SMILES string of the molecule is Cc1ccc(NC(=O)CCc2c(C)nc3nc(-c4ccc(Cl)cc4Cl)nn3c2C)cc1. The lowest BCUT2D eigenvalue weighted by atomic mass is 10.1. The summed E-state index contributed by atoms with van der Waals surface area (Å²) in [6, 6.07) is 12.9. The summed E-state index contributed by atoms with van der Waals surface area (Å²) in [5.74, 6) is 0.921. The zero-order valence-corrected chi connectivity index (χ0v) is 18.9. The first-order valence-corrected chi connectivity index (χ1v) is 10.6. The van der Waals surface area contributed by atoms with Gasteiger partial charge in [0.25, 0.3) is 5.78 Å². The van der Waals surface area contributed by atoms with Crippen molar-refractivity contribution in [1.82, 2.24) is 19.6 Å². The number of carbonyl (C=O) groups excluding carboxylic acids is 1. The Kier molecular flexibility index (Phi) is 5.94. The molecular weight excluding hydrogens is 433 g/mol. The molecule has 0 aliphatic rings. The van der Waals surface area contributed by atoms with Crippen LogP contribution in [0.2, 0.25) is 10.0 Å². The second-order valence-corrected chi connectivity index (χ2v) is 8.29. The van der Waals surface area contributed by atoms with Crippen molar-refractivity contribution in [3.8, 4) is 11.4 Å². The highest BCUT2D eigenvalue weighted by Crippen LogP contribution is 2.29. The van der Waals surface area contributed by atoms with Crippen molar-refractivity contribution < 1.29 is 4.79 Å². The minimum absolute atomic E-state index is 0.0463. The van der Waals surface area contributed by atoms with Crippen molar-refractivity contribution in [1.29, 1.82) is 0 Å². The zero-order chi connectivity index (χ0) is 22.1. The molecule has 1 amide bonds. The largest absolute Gasteiger partial charge is 0.326 e. The number of halogens is 2. The Morgan fingerprint density at radius 3 is 2.48 bits per heavy atom. The van der Waals surface area contributed by atoms with Crippen LogP contribution in [0, 0.1) is 20.8 Å². The topological polar surface area (TPSA) is 72.2 Å². The lowest BCUT2D eigenvalue weighted by Crippen LogP contribution is -2.14. The van der Waals surface area contributed by atoms with Gasteiger partial charge in [-0.1, -0.05) is 40.9 Å². The Bertz CT molecular complexity index is 1280. The maximum Gasteiger partial charge on any atom is 0.253 e. The average molecular weight is 454 g/mol. The Balaban J connectivity index is 1.57.